The molecule has 1 aromatic rings. The van der Waals surface area contributed by atoms with E-state index in [0.29, 0.717) is 24.1 Å². The van der Waals surface area contributed by atoms with Crippen LogP contribution in [0.25, 0.3) is 0 Å². The van der Waals surface area contributed by atoms with Crippen molar-refractivity contribution in [2.24, 2.45) is 5.92 Å². The zero-order valence-corrected chi connectivity index (χ0v) is 12.8. The molecule has 0 heterocycles. The van der Waals surface area contributed by atoms with Gasteiger partial charge in [0.15, 0.2) is 0 Å². The van der Waals surface area contributed by atoms with Gasteiger partial charge in [-0.1, -0.05) is 13.8 Å². The Morgan fingerprint density at radius 1 is 1.14 bits per heavy atom. The molecule has 0 aliphatic rings. The van der Waals surface area contributed by atoms with Crippen LogP contribution in [0.5, 0.6) is 0 Å². The number of rotatable bonds is 6. The van der Waals surface area contributed by atoms with Crippen LogP contribution in [-0.4, -0.2) is 31.6 Å². The van der Waals surface area contributed by atoms with Crippen molar-refractivity contribution in [1.29, 1.82) is 0 Å². The molecule has 0 saturated carbocycles. The average molecular weight is 306 g/mol. The van der Waals surface area contributed by atoms with Gasteiger partial charge in [0, 0.05) is 19.1 Å². The zero-order chi connectivity index (χ0) is 16.2. The highest BCUT2D eigenvalue weighted by Crippen LogP contribution is 2.30. The van der Waals surface area contributed by atoms with Crippen molar-refractivity contribution in [3.8, 4) is 0 Å². The quantitative estimate of drug-likeness (QED) is 0.809. The maximum Gasteiger partial charge on any atom is 0.416 e. The molecule has 0 bridgehead atoms. The molecule has 1 rings (SSSR count). The summed E-state index contributed by atoms with van der Waals surface area (Å²) in [5.74, 6) is -0.458. The molecule has 0 fully saturated rings. The van der Waals surface area contributed by atoms with Crippen LogP contribution in [0.15, 0.2) is 18.2 Å². The fourth-order valence-electron chi connectivity index (χ4n) is 2.30. The van der Waals surface area contributed by atoms with Gasteiger partial charge in [-0.05, 0) is 43.8 Å². The molecule has 2 nitrogen and oxygen atoms in total. The average Bonchev–Trinajstić information content (AvgIpc) is 2.31. The predicted molar refractivity (Wildman–Crippen MR) is 75.4 cm³/mol. The molecule has 0 saturated heterocycles. The van der Waals surface area contributed by atoms with E-state index in [4.69, 9.17) is 0 Å². The van der Waals surface area contributed by atoms with Crippen molar-refractivity contribution >= 4 is 0 Å². The van der Waals surface area contributed by atoms with E-state index in [0.717, 1.165) is 12.1 Å². The van der Waals surface area contributed by atoms with E-state index in [1.165, 1.54) is 0 Å². The maximum absolute atomic E-state index is 13.3. The fraction of sp³-hybridized carbons (Fsp3) is 0.600. The molecule has 1 aromatic carbocycles. The minimum Gasteiger partial charge on any atom is -0.311 e. The summed E-state index contributed by atoms with van der Waals surface area (Å²) in [6.45, 7) is 4.99. The SMILES string of the molecule is CC(C)C(CNCc1cc(F)cc(C(F)(F)F)c1)N(C)C. The first-order valence-electron chi connectivity index (χ1n) is 6.85. The normalized spacial score (nSPS) is 14.0. The Bertz CT molecular complexity index is 447. The van der Waals surface area contributed by atoms with E-state index in [9.17, 15) is 17.6 Å². The number of halogens is 4. The molecule has 1 atom stereocenters. The van der Waals surface area contributed by atoms with Crippen LogP contribution in [-0.2, 0) is 12.7 Å². The van der Waals surface area contributed by atoms with Crippen LogP contribution in [0.3, 0.4) is 0 Å². The van der Waals surface area contributed by atoms with Gasteiger partial charge in [0.1, 0.15) is 5.82 Å². The lowest BCUT2D eigenvalue weighted by atomic mass is 10.0. The van der Waals surface area contributed by atoms with Crippen molar-refractivity contribution in [1.82, 2.24) is 10.2 Å². The third-order valence-corrected chi connectivity index (χ3v) is 3.40. The molecule has 1 N–H and O–H groups in total. The van der Waals surface area contributed by atoms with E-state index in [1.54, 1.807) is 0 Å². The summed E-state index contributed by atoms with van der Waals surface area (Å²) in [7, 11) is 3.91. The van der Waals surface area contributed by atoms with Crippen LogP contribution in [0, 0.1) is 11.7 Å². The maximum atomic E-state index is 13.3. The van der Waals surface area contributed by atoms with E-state index < -0.39 is 17.6 Å². The summed E-state index contributed by atoms with van der Waals surface area (Å²) in [4.78, 5) is 2.06. The lowest BCUT2D eigenvalue weighted by molar-refractivity contribution is -0.137. The largest absolute Gasteiger partial charge is 0.416 e. The molecule has 0 spiro atoms. The number of hydrogen-bond acceptors (Lipinski definition) is 2. The minimum absolute atomic E-state index is 0.206. The number of nitrogens with zero attached hydrogens (tertiary/aromatic N) is 1. The van der Waals surface area contributed by atoms with Gasteiger partial charge >= 0.3 is 6.18 Å². The number of benzene rings is 1. The third-order valence-electron chi connectivity index (χ3n) is 3.40. The Morgan fingerprint density at radius 3 is 2.24 bits per heavy atom. The lowest BCUT2D eigenvalue weighted by Crippen LogP contribution is -2.41. The summed E-state index contributed by atoms with van der Waals surface area (Å²) in [6.07, 6.45) is -4.53. The molecule has 0 amide bonds. The summed E-state index contributed by atoms with van der Waals surface area (Å²) < 4.78 is 51.1. The van der Waals surface area contributed by atoms with Crippen LogP contribution < -0.4 is 5.32 Å². The zero-order valence-electron chi connectivity index (χ0n) is 12.8. The Kier molecular flexibility index (Phi) is 6.16. The van der Waals surface area contributed by atoms with Crippen molar-refractivity contribution in [3.63, 3.8) is 0 Å². The second-order valence-corrected chi connectivity index (χ2v) is 5.75. The van der Waals surface area contributed by atoms with Crippen LogP contribution in [0.4, 0.5) is 17.6 Å². The summed E-state index contributed by atoms with van der Waals surface area (Å²) >= 11 is 0. The van der Waals surface area contributed by atoms with Gasteiger partial charge in [0.05, 0.1) is 5.56 Å². The number of nitrogens with one attached hydrogen (secondary N) is 1. The van der Waals surface area contributed by atoms with E-state index >= 15 is 0 Å². The first-order valence-corrected chi connectivity index (χ1v) is 6.85. The van der Waals surface area contributed by atoms with Gasteiger partial charge in [0.25, 0.3) is 0 Å². The molecule has 1 unspecified atom stereocenters. The van der Waals surface area contributed by atoms with Gasteiger partial charge in [-0.2, -0.15) is 13.2 Å². The Hall–Kier alpha value is -1.14. The highest BCUT2D eigenvalue weighted by atomic mass is 19.4. The molecule has 0 aliphatic carbocycles. The van der Waals surface area contributed by atoms with Gasteiger partial charge in [0.2, 0.25) is 0 Å². The van der Waals surface area contributed by atoms with Crippen LogP contribution in [0.2, 0.25) is 0 Å². The topological polar surface area (TPSA) is 15.3 Å². The van der Waals surface area contributed by atoms with Crippen molar-refractivity contribution in [2.75, 3.05) is 20.6 Å². The third kappa shape index (κ3) is 5.63. The number of likely N-dealkylation sites (N-methyl/N-ethyl adjacent to an activating group) is 1. The number of hydrogen-bond donors (Lipinski definition) is 1. The Labute approximate surface area is 123 Å². The van der Waals surface area contributed by atoms with E-state index in [-0.39, 0.29) is 12.6 Å². The van der Waals surface area contributed by atoms with E-state index in [1.807, 2.05) is 14.1 Å². The molecular formula is C15H22F4N2. The van der Waals surface area contributed by atoms with Crippen LogP contribution >= 0.6 is 0 Å². The van der Waals surface area contributed by atoms with Gasteiger partial charge in [-0.25, -0.2) is 4.39 Å². The van der Waals surface area contributed by atoms with Crippen molar-refractivity contribution in [3.05, 3.63) is 35.1 Å². The van der Waals surface area contributed by atoms with Gasteiger partial charge in [-0.3, -0.25) is 0 Å². The van der Waals surface area contributed by atoms with Crippen LogP contribution in [0.1, 0.15) is 25.0 Å². The summed E-state index contributed by atoms with van der Waals surface area (Å²) in [5, 5.41) is 3.09. The van der Waals surface area contributed by atoms with Gasteiger partial charge in [-0.15, -0.1) is 0 Å². The molecule has 21 heavy (non-hydrogen) atoms. The first-order chi connectivity index (χ1) is 9.61. The second-order valence-electron chi connectivity index (χ2n) is 5.75. The highest BCUT2D eigenvalue weighted by molar-refractivity contribution is 5.26. The van der Waals surface area contributed by atoms with Crippen molar-refractivity contribution in [2.45, 2.75) is 32.6 Å². The predicted octanol–water partition coefficient (Wildman–Crippen LogP) is 3.52. The van der Waals surface area contributed by atoms with Crippen molar-refractivity contribution < 1.29 is 17.6 Å². The lowest BCUT2D eigenvalue weighted by Gasteiger charge is -2.28. The number of alkyl halides is 3. The molecule has 0 radical (unpaired) electrons. The van der Waals surface area contributed by atoms with Gasteiger partial charge < -0.3 is 10.2 Å². The smallest absolute Gasteiger partial charge is 0.311 e. The monoisotopic (exact) mass is 306 g/mol. The fourth-order valence-corrected chi connectivity index (χ4v) is 2.30. The highest BCUT2D eigenvalue weighted by Gasteiger charge is 2.31. The Balaban J connectivity index is 2.70. The second kappa shape index (κ2) is 7.22. The molecular weight excluding hydrogens is 284 g/mol. The first kappa shape index (κ1) is 17.9. The molecule has 0 aromatic heterocycles. The standard InChI is InChI=1S/C15H22F4N2/c1-10(2)14(21(3)4)9-20-8-11-5-12(15(17,18)19)7-13(16)6-11/h5-7,10,14,20H,8-9H2,1-4H3. The minimum atomic E-state index is -4.53. The summed E-state index contributed by atoms with van der Waals surface area (Å²) in [5.41, 5.74) is -0.657. The summed E-state index contributed by atoms with van der Waals surface area (Å²) in [6, 6.07) is 2.89. The van der Waals surface area contributed by atoms with E-state index in [2.05, 4.69) is 24.1 Å². The molecule has 120 valence electrons. The molecule has 0 aliphatic heterocycles. The Morgan fingerprint density at radius 2 is 1.76 bits per heavy atom. The molecule has 6 heteroatoms.